The number of primary amides is 1. The maximum Gasteiger partial charge on any atom is 0.271 e. The third-order valence-electron chi connectivity index (χ3n) is 2.26. The van der Waals surface area contributed by atoms with Gasteiger partial charge in [-0.2, -0.15) is 20.7 Å². The third kappa shape index (κ3) is 2.13. The number of carbonyl (C=O) groups is 1. The second-order valence-corrected chi connectivity index (χ2v) is 3.42. The van der Waals surface area contributed by atoms with Gasteiger partial charge in [-0.1, -0.05) is 18.2 Å². The molecule has 0 saturated heterocycles. The molecule has 0 aliphatic rings. The van der Waals surface area contributed by atoms with Crippen molar-refractivity contribution in [3.05, 3.63) is 35.5 Å². The van der Waals surface area contributed by atoms with Crippen molar-refractivity contribution < 1.29 is 4.79 Å². The monoisotopic (exact) mass is 227 g/mol. The molecule has 0 aliphatic carbocycles. The van der Waals surface area contributed by atoms with Gasteiger partial charge in [0, 0.05) is 5.56 Å². The van der Waals surface area contributed by atoms with Crippen LogP contribution in [0.25, 0.3) is 11.3 Å². The molecule has 2 aromatic rings. The van der Waals surface area contributed by atoms with E-state index in [-0.39, 0.29) is 5.69 Å². The minimum absolute atomic E-state index is 0.0964. The highest BCUT2D eigenvalue weighted by Gasteiger charge is 2.14. The van der Waals surface area contributed by atoms with Crippen LogP contribution in [-0.4, -0.2) is 21.3 Å². The lowest BCUT2D eigenvalue weighted by atomic mass is 10.1. The smallest absolute Gasteiger partial charge is 0.271 e. The molecule has 0 unspecified atom stereocenters. The van der Waals surface area contributed by atoms with E-state index in [1.165, 1.54) is 0 Å². The zero-order chi connectivity index (χ0) is 12.3. The van der Waals surface area contributed by atoms with Crippen molar-refractivity contribution in [3.8, 4) is 17.3 Å². The molecule has 0 atom stereocenters. The molecule has 1 amide bonds. The number of amides is 1. The van der Waals surface area contributed by atoms with E-state index in [0.717, 1.165) is 5.56 Å². The van der Waals surface area contributed by atoms with Crippen LogP contribution in [0.15, 0.2) is 24.3 Å². The van der Waals surface area contributed by atoms with Crippen LogP contribution in [-0.2, 0) is 6.42 Å². The number of nitrogens with one attached hydrogen (secondary N) is 1. The summed E-state index contributed by atoms with van der Waals surface area (Å²) < 4.78 is 0. The number of hydrogen-bond donors (Lipinski definition) is 2. The average molecular weight is 227 g/mol. The number of carbonyl (C=O) groups excluding carboxylic acids is 1. The Morgan fingerprint density at radius 2 is 2.29 bits per heavy atom. The molecule has 3 N–H and O–H groups in total. The zero-order valence-corrected chi connectivity index (χ0v) is 8.84. The van der Waals surface area contributed by atoms with Gasteiger partial charge in [-0.15, -0.1) is 0 Å². The summed E-state index contributed by atoms with van der Waals surface area (Å²) in [7, 11) is 0. The Labute approximate surface area is 97.1 Å². The molecule has 0 saturated carbocycles. The largest absolute Gasteiger partial charge is 0.364 e. The molecule has 84 valence electrons. The van der Waals surface area contributed by atoms with Gasteiger partial charge in [0.05, 0.1) is 12.5 Å². The molecule has 0 bridgehead atoms. The van der Waals surface area contributed by atoms with Crippen LogP contribution in [0, 0.1) is 11.3 Å². The van der Waals surface area contributed by atoms with Crippen molar-refractivity contribution in [2.24, 2.45) is 5.73 Å². The van der Waals surface area contributed by atoms with E-state index in [1.54, 1.807) is 18.2 Å². The van der Waals surface area contributed by atoms with Gasteiger partial charge in [0.15, 0.2) is 5.69 Å². The van der Waals surface area contributed by atoms with Crippen molar-refractivity contribution >= 4 is 5.91 Å². The van der Waals surface area contributed by atoms with Crippen molar-refractivity contribution in [2.75, 3.05) is 0 Å². The Hall–Kier alpha value is -2.68. The summed E-state index contributed by atoms with van der Waals surface area (Å²) in [6, 6.07) is 9.25. The average Bonchev–Trinajstić information content (AvgIpc) is 2.79. The molecule has 6 nitrogen and oxygen atoms in total. The van der Waals surface area contributed by atoms with Crippen LogP contribution in [0.1, 0.15) is 16.1 Å². The lowest BCUT2D eigenvalue weighted by molar-refractivity contribution is 0.0996. The normalized spacial score (nSPS) is 9.82. The minimum Gasteiger partial charge on any atom is -0.364 e. The highest BCUT2D eigenvalue weighted by Crippen LogP contribution is 2.20. The lowest BCUT2D eigenvalue weighted by Crippen LogP contribution is -2.12. The Kier molecular flexibility index (Phi) is 2.83. The van der Waals surface area contributed by atoms with E-state index >= 15 is 0 Å². The molecule has 0 fully saturated rings. The fourth-order valence-corrected chi connectivity index (χ4v) is 1.52. The van der Waals surface area contributed by atoms with Gasteiger partial charge in [-0.3, -0.25) is 4.79 Å². The second kappa shape index (κ2) is 4.45. The fraction of sp³-hybridized carbons (Fsp3) is 0.0909. The summed E-state index contributed by atoms with van der Waals surface area (Å²) in [5.41, 5.74) is 7.23. The number of hydrogen-bond acceptors (Lipinski definition) is 4. The highest BCUT2D eigenvalue weighted by atomic mass is 16.1. The van der Waals surface area contributed by atoms with E-state index in [2.05, 4.69) is 21.5 Å². The van der Waals surface area contributed by atoms with E-state index in [0.29, 0.717) is 17.7 Å². The number of rotatable bonds is 3. The number of aromatic amines is 1. The Bertz CT molecular complexity index is 596. The molecule has 17 heavy (non-hydrogen) atoms. The molecule has 2 rings (SSSR count). The topological polar surface area (TPSA) is 108 Å². The predicted molar refractivity (Wildman–Crippen MR) is 59.7 cm³/mol. The maximum atomic E-state index is 11.1. The third-order valence-corrected chi connectivity index (χ3v) is 2.26. The van der Waals surface area contributed by atoms with Gasteiger partial charge < -0.3 is 5.73 Å². The van der Waals surface area contributed by atoms with Crippen molar-refractivity contribution in [2.45, 2.75) is 6.42 Å². The molecular formula is C11H9N5O. The minimum atomic E-state index is -0.639. The van der Waals surface area contributed by atoms with E-state index in [4.69, 9.17) is 11.0 Å². The van der Waals surface area contributed by atoms with E-state index in [1.807, 2.05) is 6.07 Å². The first-order chi connectivity index (χ1) is 8.22. The number of H-pyrrole nitrogens is 1. The van der Waals surface area contributed by atoms with Crippen molar-refractivity contribution in [1.82, 2.24) is 15.4 Å². The fourth-order valence-electron chi connectivity index (χ4n) is 1.52. The van der Waals surface area contributed by atoms with Crippen LogP contribution >= 0.6 is 0 Å². The van der Waals surface area contributed by atoms with Crippen LogP contribution in [0.3, 0.4) is 0 Å². The summed E-state index contributed by atoms with van der Waals surface area (Å²) in [4.78, 5) is 11.1. The Balaban J connectivity index is 2.46. The number of aromatic nitrogens is 3. The van der Waals surface area contributed by atoms with Crippen LogP contribution in [0.2, 0.25) is 0 Å². The molecule has 6 heteroatoms. The molecular weight excluding hydrogens is 218 g/mol. The first-order valence-electron chi connectivity index (χ1n) is 4.89. The number of nitrogens with zero attached hydrogens (tertiary/aromatic N) is 3. The standard InChI is InChI=1S/C11H9N5O/c12-5-4-7-2-1-3-8(6-7)9-10(11(13)17)15-16-14-9/h1-3,6H,4H2,(H2,13,17)(H,14,15,16). The van der Waals surface area contributed by atoms with Gasteiger partial charge in [-0.05, 0) is 11.6 Å². The molecule has 1 aromatic carbocycles. The zero-order valence-electron chi connectivity index (χ0n) is 8.84. The summed E-state index contributed by atoms with van der Waals surface area (Å²) >= 11 is 0. The molecule has 1 heterocycles. The molecule has 0 spiro atoms. The lowest BCUT2D eigenvalue weighted by Gasteiger charge is -2.00. The van der Waals surface area contributed by atoms with Gasteiger partial charge in [-0.25, -0.2) is 0 Å². The van der Waals surface area contributed by atoms with Gasteiger partial charge in [0.25, 0.3) is 5.91 Å². The van der Waals surface area contributed by atoms with Crippen LogP contribution < -0.4 is 5.73 Å². The molecule has 0 radical (unpaired) electrons. The van der Waals surface area contributed by atoms with Gasteiger partial charge in [0.1, 0.15) is 5.69 Å². The van der Waals surface area contributed by atoms with Crippen molar-refractivity contribution in [1.29, 1.82) is 5.26 Å². The van der Waals surface area contributed by atoms with Gasteiger partial charge in [0.2, 0.25) is 0 Å². The summed E-state index contributed by atoms with van der Waals surface area (Å²) in [6.45, 7) is 0. The van der Waals surface area contributed by atoms with Crippen LogP contribution in [0.5, 0.6) is 0 Å². The van der Waals surface area contributed by atoms with Crippen molar-refractivity contribution in [3.63, 3.8) is 0 Å². The summed E-state index contributed by atoms with van der Waals surface area (Å²) in [5, 5.41) is 18.6. The summed E-state index contributed by atoms with van der Waals surface area (Å²) in [5.74, 6) is -0.639. The Morgan fingerprint density at radius 1 is 1.47 bits per heavy atom. The quantitative estimate of drug-likeness (QED) is 0.801. The first-order valence-corrected chi connectivity index (χ1v) is 4.89. The van der Waals surface area contributed by atoms with Gasteiger partial charge >= 0.3 is 0 Å². The Morgan fingerprint density at radius 3 is 3.00 bits per heavy atom. The molecule has 1 aromatic heterocycles. The number of nitriles is 1. The van der Waals surface area contributed by atoms with E-state index in [9.17, 15) is 4.79 Å². The van der Waals surface area contributed by atoms with Crippen LogP contribution in [0.4, 0.5) is 0 Å². The molecule has 0 aliphatic heterocycles. The maximum absolute atomic E-state index is 11.1. The first kappa shape index (κ1) is 10.8. The summed E-state index contributed by atoms with van der Waals surface area (Å²) in [6.07, 6.45) is 0.303. The van der Waals surface area contributed by atoms with E-state index < -0.39 is 5.91 Å². The predicted octanol–water partition coefficient (Wildman–Crippen LogP) is 0.637. The SMILES string of the molecule is N#CCc1cccc(-c2n[nH]nc2C(N)=O)c1. The number of benzene rings is 1. The number of nitrogens with two attached hydrogens (primary N) is 1. The second-order valence-electron chi connectivity index (χ2n) is 3.42. The highest BCUT2D eigenvalue weighted by molar-refractivity contribution is 5.96.